The van der Waals surface area contributed by atoms with Crippen molar-refractivity contribution in [2.24, 2.45) is 11.3 Å². The lowest BCUT2D eigenvalue weighted by Gasteiger charge is -2.23. The van der Waals surface area contributed by atoms with Crippen LogP contribution in [0.4, 0.5) is 18.9 Å². The van der Waals surface area contributed by atoms with Crippen molar-refractivity contribution in [3.63, 3.8) is 0 Å². The van der Waals surface area contributed by atoms with Gasteiger partial charge in [0, 0.05) is 11.6 Å². The van der Waals surface area contributed by atoms with Crippen molar-refractivity contribution in [2.45, 2.75) is 32.4 Å². The van der Waals surface area contributed by atoms with Crippen LogP contribution in [0.1, 0.15) is 24.8 Å². The second-order valence-corrected chi connectivity index (χ2v) is 6.74. The molecule has 1 aliphatic heterocycles. The van der Waals surface area contributed by atoms with E-state index in [1.54, 1.807) is 19.1 Å². The summed E-state index contributed by atoms with van der Waals surface area (Å²) < 4.78 is 41.4. The van der Waals surface area contributed by atoms with E-state index in [0.717, 1.165) is 32.4 Å². The van der Waals surface area contributed by atoms with E-state index in [1.807, 2.05) is 0 Å². The molecular weight excluding hydrogens is 321 g/mol. The third-order valence-electron chi connectivity index (χ3n) is 4.94. The number of carbonyl (C=O) groups is 1. The molecule has 1 saturated heterocycles. The number of benzene rings is 1. The number of aryl methyl sites for hydroxylation is 1. The maximum Gasteiger partial charge on any atom is 0.422 e. The van der Waals surface area contributed by atoms with Gasteiger partial charge in [0.1, 0.15) is 5.75 Å². The molecule has 7 heteroatoms. The second kappa shape index (κ2) is 6.27. The van der Waals surface area contributed by atoms with Crippen LogP contribution in [0.15, 0.2) is 18.2 Å². The summed E-state index contributed by atoms with van der Waals surface area (Å²) in [5.41, 5.74) is 1.30. The number of carbonyl (C=O) groups excluding carboxylic acids is 1. The predicted molar refractivity (Wildman–Crippen MR) is 84.0 cm³/mol. The average Bonchev–Trinajstić information content (AvgIpc) is 3.19. The first-order valence-electron chi connectivity index (χ1n) is 8.11. The van der Waals surface area contributed by atoms with Crippen LogP contribution in [0.2, 0.25) is 0 Å². The van der Waals surface area contributed by atoms with E-state index >= 15 is 0 Å². The number of hydrogen-bond donors (Lipinski definition) is 2. The first kappa shape index (κ1) is 17.1. The van der Waals surface area contributed by atoms with Crippen molar-refractivity contribution in [3.05, 3.63) is 23.8 Å². The van der Waals surface area contributed by atoms with Crippen molar-refractivity contribution in [1.82, 2.24) is 5.32 Å². The van der Waals surface area contributed by atoms with E-state index in [2.05, 4.69) is 10.6 Å². The highest BCUT2D eigenvalue weighted by Gasteiger charge is 2.57. The topological polar surface area (TPSA) is 50.4 Å². The molecule has 2 aliphatic rings. The van der Waals surface area contributed by atoms with Crippen LogP contribution in [-0.2, 0) is 4.79 Å². The first-order chi connectivity index (χ1) is 11.3. The number of halogens is 3. The van der Waals surface area contributed by atoms with E-state index in [-0.39, 0.29) is 23.0 Å². The lowest BCUT2D eigenvalue weighted by atomic mass is 9.92. The van der Waals surface area contributed by atoms with Crippen molar-refractivity contribution < 1.29 is 22.7 Å². The Kier molecular flexibility index (Phi) is 4.46. The maximum atomic E-state index is 12.4. The summed E-state index contributed by atoms with van der Waals surface area (Å²) in [6.07, 6.45) is -1.40. The number of piperidine rings is 1. The van der Waals surface area contributed by atoms with Crippen molar-refractivity contribution in [1.29, 1.82) is 0 Å². The molecule has 2 fully saturated rings. The fourth-order valence-corrected chi connectivity index (χ4v) is 3.47. The third kappa shape index (κ3) is 3.83. The number of rotatable bonds is 4. The van der Waals surface area contributed by atoms with Crippen LogP contribution in [0.25, 0.3) is 0 Å². The molecule has 1 heterocycles. The van der Waals surface area contributed by atoms with Gasteiger partial charge in [0.15, 0.2) is 6.61 Å². The molecule has 1 spiro atoms. The summed E-state index contributed by atoms with van der Waals surface area (Å²) in [6.45, 7) is 2.24. The number of ether oxygens (including phenoxy) is 1. The highest BCUT2D eigenvalue weighted by Crippen LogP contribution is 2.58. The summed E-state index contributed by atoms with van der Waals surface area (Å²) in [4.78, 5) is 12.4. The summed E-state index contributed by atoms with van der Waals surface area (Å²) in [6, 6.07) is 4.68. The Bertz CT molecular complexity index is 625. The van der Waals surface area contributed by atoms with Gasteiger partial charge in [-0.05, 0) is 68.5 Å². The molecular formula is C17H21F3N2O2. The number of alkyl halides is 3. The van der Waals surface area contributed by atoms with Crippen LogP contribution in [0.3, 0.4) is 0 Å². The minimum absolute atomic E-state index is 0.000241. The van der Waals surface area contributed by atoms with Gasteiger partial charge in [0.2, 0.25) is 5.91 Å². The van der Waals surface area contributed by atoms with Gasteiger partial charge in [-0.25, -0.2) is 0 Å². The summed E-state index contributed by atoms with van der Waals surface area (Å²) in [5.74, 6) is 0.216. The smallest absolute Gasteiger partial charge is 0.422 e. The molecule has 1 aromatic carbocycles. The highest BCUT2D eigenvalue weighted by molar-refractivity contribution is 5.95. The fraction of sp³-hybridized carbons (Fsp3) is 0.588. The fourth-order valence-electron chi connectivity index (χ4n) is 3.47. The van der Waals surface area contributed by atoms with Gasteiger partial charge in [-0.2, -0.15) is 13.2 Å². The molecule has 0 radical (unpaired) electrons. The molecule has 1 atom stereocenters. The molecule has 0 bridgehead atoms. The normalized spacial score (nSPS) is 22.2. The van der Waals surface area contributed by atoms with E-state index in [9.17, 15) is 18.0 Å². The molecule has 1 aromatic rings. The van der Waals surface area contributed by atoms with Crippen molar-refractivity contribution in [3.8, 4) is 5.75 Å². The summed E-state index contributed by atoms with van der Waals surface area (Å²) >= 11 is 0. The number of nitrogens with one attached hydrogen (secondary N) is 2. The summed E-state index contributed by atoms with van der Waals surface area (Å²) in [7, 11) is 0. The van der Waals surface area contributed by atoms with Crippen LogP contribution in [-0.4, -0.2) is 31.8 Å². The Morgan fingerprint density at radius 3 is 2.71 bits per heavy atom. The van der Waals surface area contributed by atoms with Gasteiger partial charge in [0.05, 0.1) is 0 Å². The highest BCUT2D eigenvalue weighted by atomic mass is 19.4. The first-order valence-corrected chi connectivity index (χ1v) is 8.11. The van der Waals surface area contributed by atoms with E-state index in [1.165, 1.54) is 6.07 Å². The predicted octanol–water partition coefficient (Wildman–Crippen LogP) is 3.26. The average molecular weight is 342 g/mol. The van der Waals surface area contributed by atoms with Gasteiger partial charge < -0.3 is 15.4 Å². The molecule has 4 nitrogen and oxygen atoms in total. The largest absolute Gasteiger partial charge is 0.484 e. The zero-order valence-corrected chi connectivity index (χ0v) is 13.5. The van der Waals surface area contributed by atoms with Crippen molar-refractivity contribution in [2.75, 3.05) is 25.0 Å². The lowest BCUT2D eigenvalue weighted by molar-refractivity contribution is -0.153. The van der Waals surface area contributed by atoms with E-state index in [4.69, 9.17) is 4.74 Å². The number of anilines is 1. The lowest BCUT2D eigenvalue weighted by Crippen LogP contribution is -2.31. The molecule has 1 amide bonds. The zero-order valence-electron chi connectivity index (χ0n) is 13.5. The molecule has 3 rings (SSSR count). The molecule has 1 unspecified atom stereocenters. The molecule has 0 aromatic heterocycles. The van der Waals surface area contributed by atoms with Crippen LogP contribution < -0.4 is 15.4 Å². The Balaban J connectivity index is 1.58. The standard InChI is InChI=1S/C17H21F3N2O2/c1-11-8-12(2-3-14(11)24-10-17(18,19)20)22-15(23)13-9-16(13)4-6-21-7-5-16/h2-3,8,13,21H,4-7,9-10H2,1H3,(H,22,23). The van der Waals surface area contributed by atoms with Gasteiger partial charge in [-0.15, -0.1) is 0 Å². The Hall–Kier alpha value is -1.76. The van der Waals surface area contributed by atoms with E-state index in [0.29, 0.717) is 11.3 Å². The molecule has 2 N–H and O–H groups in total. The quantitative estimate of drug-likeness (QED) is 0.883. The Labute approximate surface area is 138 Å². The molecule has 1 saturated carbocycles. The van der Waals surface area contributed by atoms with Crippen molar-refractivity contribution >= 4 is 11.6 Å². The monoisotopic (exact) mass is 342 g/mol. The van der Waals surface area contributed by atoms with Gasteiger partial charge in [-0.1, -0.05) is 0 Å². The molecule has 24 heavy (non-hydrogen) atoms. The maximum absolute atomic E-state index is 12.4. The van der Waals surface area contributed by atoms with Gasteiger partial charge in [-0.3, -0.25) is 4.79 Å². The van der Waals surface area contributed by atoms with Crippen LogP contribution in [0, 0.1) is 18.3 Å². The second-order valence-electron chi connectivity index (χ2n) is 6.74. The Morgan fingerprint density at radius 2 is 2.08 bits per heavy atom. The molecule has 132 valence electrons. The van der Waals surface area contributed by atoms with Gasteiger partial charge in [0.25, 0.3) is 0 Å². The molecule has 1 aliphatic carbocycles. The summed E-state index contributed by atoms with van der Waals surface area (Å²) in [5, 5.41) is 6.18. The van der Waals surface area contributed by atoms with E-state index < -0.39 is 12.8 Å². The SMILES string of the molecule is Cc1cc(NC(=O)C2CC23CCNCC3)ccc1OCC(F)(F)F. The number of amides is 1. The zero-order chi connectivity index (χ0) is 17.4. The Morgan fingerprint density at radius 1 is 1.38 bits per heavy atom. The number of hydrogen-bond acceptors (Lipinski definition) is 3. The van der Waals surface area contributed by atoms with Gasteiger partial charge >= 0.3 is 6.18 Å². The third-order valence-corrected chi connectivity index (χ3v) is 4.94. The minimum atomic E-state index is -4.37. The van der Waals surface area contributed by atoms with Crippen LogP contribution >= 0.6 is 0 Å². The minimum Gasteiger partial charge on any atom is -0.484 e. The van der Waals surface area contributed by atoms with Crippen LogP contribution in [0.5, 0.6) is 5.75 Å².